The summed E-state index contributed by atoms with van der Waals surface area (Å²) in [6, 6.07) is 7.85. The second-order valence-corrected chi connectivity index (χ2v) is 6.47. The summed E-state index contributed by atoms with van der Waals surface area (Å²) in [6.07, 6.45) is 3.30. The highest BCUT2D eigenvalue weighted by atomic mass is 16.5. The predicted octanol–water partition coefficient (Wildman–Crippen LogP) is 4.73. The summed E-state index contributed by atoms with van der Waals surface area (Å²) in [5.74, 6) is 1.16. The molecular formula is C20H32O3. The van der Waals surface area contributed by atoms with Crippen molar-refractivity contribution in [2.45, 2.75) is 65.3 Å². The number of rotatable bonds is 11. The third-order valence-corrected chi connectivity index (χ3v) is 4.11. The monoisotopic (exact) mass is 320 g/mol. The van der Waals surface area contributed by atoms with E-state index < -0.39 is 6.10 Å². The third kappa shape index (κ3) is 7.19. The van der Waals surface area contributed by atoms with Crippen molar-refractivity contribution in [3.8, 4) is 5.75 Å². The second kappa shape index (κ2) is 10.5. The Morgan fingerprint density at radius 2 is 1.91 bits per heavy atom. The Balaban J connectivity index is 2.67. The fraction of sp³-hybridized carbons (Fsp3) is 0.600. The van der Waals surface area contributed by atoms with E-state index in [1.54, 1.807) is 7.11 Å². The van der Waals surface area contributed by atoms with Crippen molar-refractivity contribution < 1.29 is 14.6 Å². The first-order valence-corrected chi connectivity index (χ1v) is 8.54. The van der Waals surface area contributed by atoms with Crippen LogP contribution < -0.4 is 4.74 Å². The van der Waals surface area contributed by atoms with Gasteiger partial charge in [-0.25, -0.2) is 0 Å². The quantitative estimate of drug-likeness (QED) is 0.599. The summed E-state index contributed by atoms with van der Waals surface area (Å²) in [6.45, 7) is 10.7. The van der Waals surface area contributed by atoms with E-state index >= 15 is 0 Å². The van der Waals surface area contributed by atoms with Gasteiger partial charge >= 0.3 is 0 Å². The molecule has 1 aromatic rings. The number of benzene rings is 1. The topological polar surface area (TPSA) is 38.7 Å². The van der Waals surface area contributed by atoms with E-state index in [9.17, 15) is 5.11 Å². The summed E-state index contributed by atoms with van der Waals surface area (Å²) < 4.78 is 11.3. The average molecular weight is 320 g/mol. The van der Waals surface area contributed by atoms with Gasteiger partial charge in [0.15, 0.2) is 0 Å². The van der Waals surface area contributed by atoms with E-state index in [1.165, 1.54) is 0 Å². The first-order chi connectivity index (χ1) is 11.0. The van der Waals surface area contributed by atoms with E-state index in [1.807, 2.05) is 31.2 Å². The Morgan fingerprint density at radius 1 is 1.26 bits per heavy atom. The van der Waals surface area contributed by atoms with Gasteiger partial charge in [0.1, 0.15) is 5.75 Å². The Hall–Kier alpha value is -1.32. The SMILES string of the molecule is C=C(C)C[C@@H](O)[C@H](OCc1ccc(OC)cc1)[C@H](C)CCCC. The highest BCUT2D eigenvalue weighted by Crippen LogP contribution is 2.23. The summed E-state index contributed by atoms with van der Waals surface area (Å²) in [5, 5.41) is 10.5. The maximum absolute atomic E-state index is 10.5. The average Bonchev–Trinajstić information content (AvgIpc) is 2.53. The number of methoxy groups -OCH3 is 1. The Bertz CT molecular complexity index is 452. The van der Waals surface area contributed by atoms with Gasteiger partial charge in [0, 0.05) is 0 Å². The molecule has 1 aromatic carbocycles. The molecule has 0 bridgehead atoms. The normalized spacial score (nSPS) is 15.0. The van der Waals surface area contributed by atoms with E-state index in [0.717, 1.165) is 36.1 Å². The van der Waals surface area contributed by atoms with E-state index in [0.29, 0.717) is 18.9 Å². The maximum Gasteiger partial charge on any atom is 0.118 e. The summed E-state index contributed by atoms with van der Waals surface area (Å²) in [7, 11) is 1.66. The van der Waals surface area contributed by atoms with Crippen molar-refractivity contribution in [3.05, 3.63) is 42.0 Å². The van der Waals surface area contributed by atoms with Crippen LogP contribution in [0.2, 0.25) is 0 Å². The van der Waals surface area contributed by atoms with Gasteiger partial charge < -0.3 is 14.6 Å². The molecule has 1 N–H and O–H groups in total. The molecule has 0 spiro atoms. The molecule has 0 heterocycles. The molecule has 1 rings (SSSR count). The molecule has 0 unspecified atom stereocenters. The summed E-state index contributed by atoms with van der Waals surface area (Å²) in [5.41, 5.74) is 2.07. The number of ether oxygens (including phenoxy) is 2. The van der Waals surface area contributed by atoms with Gasteiger partial charge in [-0.05, 0) is 43.4 Å². The third-order valence-electron chi connectivity index (χ3n) is 4.11. The molecular weight excluding hydrogens is 288 g/mol. The van der Waals surface area contributed by atoms with Crippen molar-refractivity contribution in [2.75, 3.05) is 7.11 Å². The molecule has 0 aliphatic heterocycles. The van der Waals surface area contributed by atoms with Gasteiger partial charge in [-0.15, -0.1) is 6.58 Å². The van der Waals surface area contributed by atoms with Gasteiger partial charge in [-0.2, -0.15) is 0 Å². The van der Waals surface area contributed by atoms with Crippen LogP contribution in [0.3, 0.4) is 0 Å². The highest BCUT2D eigenvalue weighted by molar-refractivity contribution is 5.26. The molecule has 0 saturated carbocycles. The largest absolute Gasteiger partial charge is 0.497 e. The molecule has 0 aliphatic carbocycles. The summed E-state index contributed by atoms with van der Waals surface area (Å²) in [4.78, 5) is 0. The minimum Gasteiger partial charge on any atom is -0.497 e. The van der Waals surface area contributed by atoms with Gasteiger partial charge in [-0.1, -0.05) is 44.4 Å². The second-order valence-electron chi connectivity index (χ2n) is 6.47. The van der Waals surface area contributed by atoms with E-state index in [4.69, 9.17) is 9.47 Å². The van der Waals surface area contributed by atoms with Crippen LogP contribution in [0, 0.1) is 5.92 Å². The van der Waals surface area contributed by atoms with Crippen LogP contribution in [0.25, 0.3) is 0 Å². The molecule has 0 aliphatic rings. The Kier molecular flexibility index (Phi) is 8.97. The lowest BCUT2D eigenvalue weighted by Crippen LogP contribution is -2.35. The van der Waals surface area contributed by atoms with Crippen LogP contribution in [0.4, 0.5) is 0 Å². The molecule has 0 amide bonds. The lowest BCUT2D eigenvalue weighted by atomic mass is 9.91. The Morgan fingerprint density at radius 3 is 2.43 bits per heavy atom. The molecule has 0 saturated heterocycles. The minimum atomic E-state index is -0.502. The molecule has 0 radical (unpaired) electrons. The molecule has 3 heteroatoms. The Labute approximate surface area is 141 Å². The van der Waals surface area contributed by atoms with Gasteiger partial charge in [0.2, 0.25) is 0 Å². The maximum atomic E-state index is 10.5. The zero-order valence-electron chi connectivity index (χ0n) is 15.0. The standard InChI is InChI=1S/C20H32O3/c1-6-7-8-16(4)20(19(21)13-15(2)3)23-14-17-9-11-18(22-5)12-10-17/h9-12,16,19-21H,2,6-8,13-14H2,1,3-5H3/t16-,19-,20-/m1/s1. The first-order valence-electron chi connectivity index (χ1n) is 8.54. The predicted molar refractivity (Wildman–Crippen MR) is 95.7 cm³/mol. The van der Waals surface area contributed by atoms with Crippen LogP contribution in [0.1, 0.15) is 52.0 Å². The zero-order chi connectivity index (χ0) is 17.2. The van der Waals surface area contributed by atoms with Crippen molar-refractivity contribution in [1.29, 1.82) is 0 Å². The van der Waals surface area contributed by atoms with Gasteiger partial charge in [0.05, 0.1) is 25.9 Å². The van der Waals surface area contributed by atoms with Crippen LogP contribution in [0.15, 0.2) is 36.4 Å². The number of aliphatic hydroxyl groups is 1. The fourth-order valence-corrected chi connectivity index (χ4v) is 2.73. The lowest BCUT2D eigenvalue weighted by Gasteiger charge is -2.29. The van der Waals surface area contributed by atoms with Crippen molar-refractivity contribution in [3.63, 3.8) is 0 Å². The minimum absolute atomic E-state index is 0.166. The van der Waals surface area contributed by atoms with Crippen molar-refractivity contribution in [1.82, 2.24) is 0 Å². The highest BCUT2D eigenvalue weighted by Gasteiger charge is 2.26. The number of hydrogen-bond donors (Lipinski definition) is 1. The van der Waals surface area contributed by atoms with Crippen LogP contribution in [0.5, 0.6) is 5.75 Å². The molecule has 23 heavy (non-hydrogen) atoms. The van der Waals surface area contributed by atoms with Crippen LogP contribution in [-0.2, 0) is 11.3 Å². The number of unbranched alkanes of at least 4 members (excludes halogenated alkanes) is 1. The van der Waals surface area contributed by atoms with Crippen molar-refractivity contribution >= 4 is 0 Å². The summed E-state index contributed by atoms with van der Waals surface area (Å²) >= 11 is 0. The zero-order valence-corrected chi connectivity index (χ0v) is 15.0. The molecule has 3 nitrogen and oxygen atoms in total. The number of aliphatic hydroxyl groups excluding tert-OH is 1. The molecule has 0 fully saturated rings. The number of hydrogen-bond acceptors (Lipinski definition) is 3. The molecule has 130 valence electrons. The van der Waals surface area contributed by atoms with Gasteiger partial charge in [0.25, 0.3) is 0 Å². The van der Waals surface area contributed by atoms with Gasteiger partial charge in [-0.3, -0.25) is 0 Å². The lowest BCUT2D eigenvalue weighted by molar-refractivity contribution is -0.0742. The smallest absolute Gasteiger partial charge is 0.118 e. The van der Waals surface area contributed by atoms with Crippen LogP contribution in [-0.4, -0.2) is 24.4 Å². The first kappa shape index (κ1) is 19.7. The molecule has 0 aromatic heterocycles. The van der Waals surface area contributed by atoms with E-state index in [2.05, 4.69) is 20.4 Å². The fourth-order valence-electron chi connectivity index (χ4n) is 2.73. The van der Waals surface area contributed by atoms with Crippen molar-refractivity contribution in [2.24, 2.45) is 5.92 Å². The van der Waals surface area contributed by atoms with Crippen LogP contribution >= 0.6 is 0 Å². The molecule has 3 atom stereocenters. The van der Waals surface area contributed by atoms with E-state index in [-0.39, 0.29) is 6.10 Å².